The molecular formula is C9H8ClN3O2. The first-order chi connectivity index (χ1) is 7.22. The highest BCUT2D eigenvalue weighted by Gasteiger charge is 2.31. The summed E-state index contributed by atoms with van der Waals surface area (Å²) < 4.78 is 0. The Labute approximate surface area is 91.0 Å². The number of nitrogens with zero attached hydrogens (tertiary/aromatic N) is 2. The van der Waals surface area contributed by atoms with Gasteiger partial charge in [-0.3, -0.25) is 15.2 Å². The third kappa shape index (κ3) is 1.78. The SMILES string of the molecule is O=CC1CC(=O)NN1c1ncccc1Cl. The van der Waals surface area contributed by atoms with Crippen LogP contribution in [-0.2, 0) is 9.59 Å². The highest BCUT2D eigenvalue weighted by Crippen LogP contribution is 2.25. The van der Waals surface area contributed by atoms with E-state index in [1.807, 2.05) is 0 Å². The van der Waals surface area contributed by atoms with Crippen LogP contribution in [0, 0.1) is 0 Å². The predicted molar refractivity (Wildman–Crippen MR) is 54.3 cm³/mol. The van der Waals surface area contributed by atoms with Crippen molar-refractivity contribution >= 4 is 29.6 Å². The number of hydrogen-bond donors (Lipinski definition) is 1. The number of anilines is 1. The van der Waals surface area contributed by atoms with Gasteiger partial charge in [-0.2, -0.15) is 0 Å². The van der Waals surface area contributed by atoms with Gasteiger partial charge in [0.25, 0.3) is 0 Å². The van der Waals surface area contributed by atoms with Gasteiger partial charge in [-0.05, 0) is 12.1 Å². The Morgan fingerprint density at radius 2 is 2.47 bits per heavy atom. The lowest BCUT2D eigenvalue weighted by atomic mass is 10.2. The molecule has 0 spiro atoms. The first kappa shape index (κ1) is 9.92. The van der Waals surface area contributed by atoms with E-state index in [2.05, 4.69) is 10.4 Å². The molecule has 2 rings (SSSR count). The Morgan fingerprint density at radius 3 is 3.13 bits per heavy atom. The smallest absolute Gasteiger partial charge is 0.241 e. The number of hydrogen-bond acceptors (Lipinski definition) is 4. The van der Waals surface area contributed by atoms with E-state index in [1.54, 1.807) is 18.3 Å². The number of rotatable bonds is 2. The molecule has 1 unspecified atom stereocenters. The van der Waals surface area contributed by atoms with Crippen molar-refractivity contribution in [2.75, 3.05) is 5.01 Å². The van der Waals surface area contributed by atoms with Gasteiger partial charge >= 0.3 is 0 Å². The first-order valence-corrected chi connectivity index (χ1v) is 4.74. The van der Waals surface area contributed by atoms with Crippen LogP contribution in [0.5, 0.6) is 0 Å². The Balaban J connectivity index is 2.34. The van der Waals surface area contributed by atoms with Crippen molar-refractivity contribution < 1.29 is 9.59 Å². The average molecular weight is 226 g/mol. The quantitative estimate of drug-likeness (QED) is 0.747. The van der Waals surface area contributed by atoms with Crippen LogP contribution in [0.15, 0.2) is 18.3 Å². The number of halogens is 1. The van der Waals surface area contributed by atoms with Gasteiger partial charge in [0, 0.05) is 6.20 Å². The molecule has 1 saturated heterocycles. The van der Waals surface area contributed by atoms with Gasteiger partial charge in [-0.25, -0.2) is 4.98 Å². The predicted octanol–water partition coefficient (Wildman–Crippen LogP) is 0.544. The lowest BCUT2D eigenvalue weighted by Crippen LogP contribution is -2.39. The molecule has 1 aromatic heterocycles. The van der Waals surface area contributed by atoms with E-state index < -0.39 is 6.04 Å². The van der Waals surface area contributed by atoms with Crippen LogP contribution in [0.1, 0.15) is 6.42 Å². The number of pyridine rings is 1. The van der Waals surface area contributed by atoms with Crippen LogP contribution >= 0.6 is 11.6 Å². The number of aromatic nitrogens is 1. The molecule has 5 nitrogen and oxygen atoms in total. The zero-order valence-electron chi connectivity index (χ0n) is 7.68. The van der Waals surface area contributed by atoms with Gasteiger partial charge < -0.3 is 4.79 Å². The molecule has 78 valence electrons. The fraction of sp³-hybridized carbons (Fsp3) is 0.222. The van der Waals surface area contributed by atoms with Crippen LogP contribution in [0.3, 0.4) is 0 Å². The molecule has 2 heterocycles. The van der Waals surface area contributed by atoms with E-state index in [-0.39, 0.29) is 12.3 Å². The number of hydrazine groups is 1. The lowest BCUT2D eigenvalue weighted by Gasteiger charge is -2.20. The molecule has 0 saturated carbocycles. The second-order valence-electron chi connectivity index (χ2n) is 3.12. The van der Waals surface area contributed by atoms with Crippen molar-refractivity contribution in [3.8, 4) is 0 Å². The van der Waals surface area contributed by atoms with Crippen molar-refractivity contribution in [2.24, 2.45) is 0 Å². The summed E-state index contributed by atoms with van der Waals surface area (Å²) in [4.78, 5) is 25.9. The highest BCUT2D eigenvalue weighted by molar-refractivity contribution is 6.33. The highest BCUT2D eigenvalue weighted by atomic mass is 35.5. The molecule has 1 atom stereocenters. The Hall–Kier alpha value is -1.62. The Morgan fingerprint density at radius 1 is 1.67 bits per heavy atom. The summed E-state index contributed by atoms with van der Waals surface area (Å²) in [6, 6.07) is 2.79. The van der Waals surface area contributed by atoms with Crippen molar-refractivity contribution in [1.82, 2.24) is 10.4 Å². The van der Waals surface area contributed by atoms with Gasteiger partial charge in [0.1, 0.15) is 12.3 Å². The molecule has 6 heteroatoms. The molecule has 1 amide bonds. The number of carbonyl (C=O) groups is 2. The third-order valence-corrected chi connectivity index (χ3v) is 2.39. The molecule has 15 heavy (non-hydrogen) atoms. The number of amides is 1. The summed E-state index contributed by atoms with van der Waals surface area (Å²) in [6.07, 6.45) is 2.38. The largest absolute Gasteiger partial charge is 0.301 e. The molecule has 1 aliphatic rings. The first-order valence-electron chi connectivity index (χ1n) is 4.37. The van der Waals surface area contributed by atoms with Crippen LogP contribution < -0.4 is 10.4 Å². The third-order valence-electron chi connectivity index (χ3n) is 2.10. The van der Waals surface area contributed by atoms with E-state index in [1.165, 1.54) is 5.01 Å². The Bertz CT molecular complexity index is 410. The minimum Gasteiger partial charge on any atom is -0.301 e. The summed E-state index contributed by atoms with van der Waals surface area (Å²) >= 11 is 5.90. The second-order valence-corrected chi connectivity index (χ2v) is 3.53. The molecule has 1 aromatic rings. The fourth-order valence-electron chi connectivity index (χ4n) is 1.42. The average Bonchev–Trinajstić information content (AvgIpc) is 2.60. The van der Waals surface area contributed by atoms with Gasteiger partial charge in [0.2, 0.25) is 5.91 Å². The summed E-state index contributed by atoms with van der Waals surface area (Å²) in [7, 11) is 0. The molecular weight excluding hydrogens is 218 g/mol. The molecule has 0 bridgehead atoms. The van der Waals surface area contributed by atoms with Gasteiger partial charge in [0.15, 0.2) is 5.82 Å². The van der Waals surface area contributed by atoms with E-state index in [9.17, 15) is 9.59 Å². The van der Waals surface area contributed by atoms with E-state index in [0.717, 1.165) is 0 Å². The summed E-state index contributed by atoms with van der Waals surface area (Å²) in [5, 5.41) is 1.78. The van der Waals surface area contributed by atoms with Crippen molar-refractivity contribution in [3.05, 3.63) is 23.4 Å². The van der Waals surface area contributed by atoms with Gasteiger partial charge in [0.05, 0.1) is 11.4 Å². The zero-order chi connectivity index (χ0) is 10.8. The zero-order valence-corrected chi connectivity index (χ0v) is 8.44. The summed E-state index contributed by atoms with van der Waals surface area (Å²) in [6.45, 7) is 0. The molecule has 1 aliphatic heterocycles. The minimum absolute atomic E-state index is 0.135. The molecule has 0 aliphatic carbocycles. The van der Waals surface area contributed by atoms with Gasteiger partial charge in [-0.15, -0.1) is 0 Å². The maximum absolute atomic E-state index is 11.1. The van der Waals surface area contributed by atoms with Crippen LogP contribution in [0.4, 0.5) is 5.82 Å². The topological polar surface area (TPSA) is 62.3 Å². The molecule has 1 N–H and O–H groups in total. The van der Waals surface area contributed by atoms with E-state index in [4.69, 9.17) is 11.6 Å². The standard InChI is InChI=1S/C9H8ClN3O2/c10-7-2-1-3-11-9(7)13-6(5-14)4-8(15)12-13/h1-3,5-6H,4H2,(H,12,15). The van der Waals surface area contributed by atoms with Crippen LogP contribution in [0.25, 0.3) is 0 Å². The Kier molecular flexibility index (Phi) is 2.55. The minimum atomic E-state index is -0.537. The lowest BCUT2D eigenvalue weighted by molar-refractivity contribution is -0.120. The van der Waals surface area contributed by atoms with Crippen molar-refractivity contribution in [2.45, 2.75) is 12.5 Å². The monoisotopic (exact) mass is 225 g/mol. The van der Waals surface area contributed by atoms with Crippen molar-refractivity contribution in [3.63, 3.8) is 0 Å². The molecule has 0 radical (unpaired) electrons. The van der Waals surface area contributed by atoms with E-state index >= 15 is 0 Å². The maximum Gasteiger partial charge on any atom is 0.241 e. The number of aldehydes is 1. The molecule has 1 fully saturated rings. The van der Waals surface area contributed by atoms with Crippen LogP contribution in [-0.4, -0.2) is 23.2 Å². The van der Waals surface area contributed by atoms with Gasteiger partial charge in [-0.1, -0.05) is 11.6 Å². The van der Waals surface area contributed by atoms with Crippen molar-refractivity contribution in [1.29, 1.82) is 0 Å². The number of nitrogens with one attached hydrogen (secondary N) is 1. The number of carbonyl (C=O) groups excluding carboxylic acids is 2. The van der Waals surface area contributed by atoms with E-state index in [0.29, 0.717) is 17.1 Å². The maximum atomic E-state index is 11.1. The summed E-state index contributed by atoms with van der Waals surface area (Å²) in [5.74, 6) is 0.177. The summed E-state index contributed by atoms with van der Waals surface area (Å²) in [5.41, 5.74) is 2.53. The normalized spacial score (nSPS) is 20.2. The fourth-order valence-corrected chi connectivity index (χ4v) is 1.63. The molecule has 0 aromatic carbocycles. The van der Waals surface area contributed by atoms with Crippen LogP contribution in [0.2, 0.25) is 5.02 Å². The second kappa shape index (κ2) is 3.86.